The van der Waals surface area contributed by atoms with Gasteiger partial charge in [0, 0.05) is 48.8 Å². The van der Waals surface area contributed by atoms with E-state index in [-0.39, 0.29) is 6.03 Å². The van der Waals surface area contributed by atoms with E-state index in [9.17, 15) is 4.79 Å². The third-order valence-electron chi connectivity index (χ3n) is 6.60. The second kappa shape index (κ2) is 8.53. The smallest absolute Gasteiger partial charge is 0.317 e. The molecule has 2 saturated heterocycles. The third-order valence-corrected chi connectivity index (χ3v) is 6.60. The highest BCUT2D eigenvalue weighted by atomic mass is 16.2. The summed E-state index contributed by atoms with van der Waals surface area (Å²) in [6.45, 7) is 3.92. The fourth-order valence-corrected chi connectivity index (χ4v) is 4.77. The Morgan fingerprint density at radius 2 is 1.60 bits per heavy atom. The van der Waals surface area contributed by atoms with Gasteiger partial charge in [0.25, 0.3) is 0 Å². The first-order chi connectivity index (χ1) is 14.8. The summed E-state index contributed by atoms with van der Waals surface area (Å²) in [6, 6.07) is 19.8. The van der Waals surface area contributed by atoms with Crippen molar-refractivity contribution in [3.8, 4) is 11.8 Å². The molecule has 154 valence electrons. The highest BCUT2D eigenvalue weighted by Gasteiger charge is 2.39. The quantitative estimate of drug-likeness (QED) is 0.780. The van der Waals surface area contributed by atoms with E-state index in [4.69, 9.17) is 0 Å². The van der Waals surface area contributed by atoms with Gasteiger partial charge in [0.15, 0.2) is 0 Å². The molecule has 4 heteroatoms. The molecule has 1 saturated carbocycles. The summed E-state index contributed by atoms with van der Waals surface area (Å²) >= 11 is 0. The summed E-state index contributed by atoms with van der Waals surface area (Å²) < 4.78 is 0. The highest BCUT2D eigenvalue weighted by molar-refractivity contribution is 5.75. The van der Waals surface area contributed by atoms with Crippen LogP contribution in [0.5, 0.6) is 0 Å². The van der Waals surface area contributed by atoms with Crippen LogP contribution in [-0.2, 0) is 0 Å². The summed E-state index contributed by atoms with van der Waals surface area (Å²) in [6.07, 6.45) is 4.50. The Morgan fingerprint density at radius 3 is 2.33 bits per heavy atom. The van der Waals surface area contributed by atoms with Crippen LogP contribution in [-0.4, -0.2) is 54.1 Å². The largest absolute Gasteiger partial charge is 0.335 e. The number of amides is 2. The maximum absolute atomic E-state index is 12.6. The summed E-state index contributed by atoms with van der Waals surface area (Å²) in [5, 5.41) is 3.17. The number of hydrogen-bond donors (Lipinski definition) is 1. The van der Waals surface area contributed by atoms with E-state index in [1.807, 2.05) is 30.3 Å². The number of carbonyl (C=O) groups excluding carboxylic acids is 1. The molecular formula is C26H29N3O. The summed E-state index contributed by atoms with van der Waals surface area (Å²) in [5.41, 5.74) is 3.46. The zero-order valence-corrected chi connectivity index (χ0v) is 17.4. The third kappa shape index (κ3) is 4.37. The van der Waals surface area contributed by atoms with Crippen LogP contribution in [0.4, 0.5) is 4.79 Å². The maximum Gasteiger partial charge on any atom is 0.317 e. The van der Waals surface area contributed by atoms with Crippen molar-refractivity contribution in [1.82, 2.24) is 15.1 Å². The zero-order valence-electron chi connectivity index (χ0n) is 17.4. The number of urea groups is 1. The minimum absolute atomic E-state index is 0.136. The fraction of sp³-hybridized carbons (Fsp3) is 0.423. The Kier molecular flexibility index (Phi) is 5.46. The minimum atomic E-state index is 0.136. The van der Waals surface area contributed by atoms with Crippen LogP contribution in [0.2, 0.25) is 0 Å². The molecule has 1 aliphatic carbocycles. The number of benzene rings is 2. The lowest BCUT2D eigenvalue weighted by Crippen LogP contribution is -2.46. The Morgan fingerprint density at radius 1 is 0.867 bits per heavy atom. The molecule has 0 bridgehead atoms. The van der Waals surface area contributed by atoms with Crippen molar-refractivity contribution in [1.29, 1.82) is 0 Å². The van der Waals surface area contributed by atoms with Gasteiger partial charge in [-0.3, -0.25) is 4.90 Å². The van der Waals surface area contributed by atoms with Gasteiger partial charge in [0.1, 0.15) is 0 Å². The summed E-state index contributed by atoms with van der Waals surface area (Å²) in [4.78, 5) is 17.3. The first-order valence-corrected chi connectivity index (χ1v) is 11.2. The van der Waals surface area contributed by atoms with Crippen LogP contribution < -0.4 is 5.32 Å². The molecule has 3 aliphatic rings. The van der Waals surface area contributed by atoms with Crippen molar-refractivity contribution in [2.24, 2.45) is 0 Å². The first kappa shape index (κ1) is 19.2. The number of carbonyl (C=O) groups is 1. The second-order valence-electron chi connectivity index (χ2n) is 8.76. The van der Waals surface area contributed by atoms with E-state index in [1.165, 1.54) is 5.56 Å². The first-order valence-electron chi connectivity index (χ1n) is 11.2. The second-order valence-corrected chi connectivity index (χ2v) is 8.76. The molecule has 0 radical (unpaired) electrons. The van der Waals surface area contributed by atoms with Crippen molar-refractivity contribution < 1.29 is 4.79 Å². The molecule has 0 aromatic heterocycles. The highest BCUT2D eigenvalue weighted by Crippen LogP contribution is 2.35. The standard InChI is InChI=1S/C26H29N3O/c30-26(27-23-13-14-23)29-17-4-16-28-18-15-24(25(28)19-29)22-11-9-21(10-12-22)8-7-20-5-2-1-3-6-20/h1-3,5-6,9-12,23-25H,4,13-19H2,(H,27,30)/t24-,25+/m1/s1. The zero-order chi connectivity index (χ0) is 20.3. The molecule has 2 aromatic rings. The molecule has 0 spiro atoms. The number of hydrogen-bond acceptors (Lipinski definition) is 2. The van der Waals surface area contributed by atoms with Gasteiger partial charge in [-0.1, -0.05) is 42.2 Å². The van der Waals surface area contributed by atoms with Crippen LogP contribution in [0.25, 0.3) is 0 Å². The number of nitrogens with zero attached hydrogens (tertiary/aromatic N) is 2. The van der Waals surface area contributed by atoms with E-state index < -0.39 is 0 Å². The molecule has 30 heavy (non-hydrogen) atoms. The van der Waals surface area contributed by atoms with Crippen molar-refractivity contribution in [3.05, 3.63) is 71.3 Å². The van der Waals surface area contributed by atoms with Crippen molar-refractivity contribution in [2.75, 3.05) is 26.2 Å². The van der Waals surface area contributed by atoms with Gasteiger partial charge in [0.2, 0.25) is 0 Å². The van der Waals surface area contributed by atoms with Gasteiger partial charge >= 0.3 is 6.03 Å². The SMILES string of the molecule is O=C(NC1CC1)N1CCCN2CC[C@H](c3ccc(C#Cc4ccccc4)cc3)[C@@H]2C1. The maximum atomic E-state index is 12.6. The van der Waals surface area contributed by atoms with Crippen molar-refractivity contribution in [2.45, 2.75) is 43.7 Å². The van der Waals surface area contributed by atoms with Crippen LogP contribution in [0.3, 0.4) is 0 Å². The molecule has 4 nitrogen and oxygen atoms in total. The van der Waals surface area contributed by atoms with Crippen molar-refractivity contribution >= 4 is 6.03 Å². The summed E-state index contributed by atoms with van der Waals surface area (Å²) in [5.74, 6) is 6.98. The number of nitrogens with one attached hydrogen (secondary N) is 1. The summed E-state index contributed by atoms with van der Waals surface area (Å²) in [7, 11) is 0. The normalized spacial score (nSPS) is 23.8. The van der Waals surface area contributed by atoms with E-state index >= 15 is 0 Å². The van der Waals surface area contributed by atoms with Crippen LogP contribution in [0.1, 0.15) is 48.3 Å². The molecule has 2 amide bonds. The van der Waals surface area contributed by atoms with Crippen molar-refractivity contribution in [3.63, 3.8) is 0 Å². The topological polar surface area (TPSA) is 35.6 Å². The fourth-order valence-electron chi connectivity index (χ4n) is 4.77. The number of fused-ring (bicyclic) bond motifs is 1. The molecule has 3 fully saturated rings. The van der Waals surface area contributed by atoms with Gasteiger partial charge in [0.05, 0.1) is 0 Å². The average molecular weight is 400 g/mol. The molecular weight excluding hydrogens is 370 g/mol. The van der Waals surface area contributed by atoms with Gasteiger partial charge in [-0.25, -0.2) is 4.79 Å². The molecule has 2 aromatic carbocycles. The van der Waals surface area contributed by atoms with E-state index in [0.717, 1.165) is 63.0 Å². The Balaban J connectivity index is 1.28. The van der Waals surface area contributed by atoms with Crippen LogP contribution >= 0.6 is 0 Å². The van der Waals surface area contributed by atoms with Gasteiger partial charge < -0.3 is 10.2 Å². The van der Waals surface area contributed by atoms with Crippen LogP contribution in [0, 0.1) is 11.8 Å². The lowest BCUT2D eigenvalue weighted by Gasteiger charge is -2.30. The predicted octanol–water partition coefficient (Wildman–Crippen LogP) is 3.82. The molecule has 2 atom stereocenters. The molecule has 0 unspecified atom stereocenters. The monoisotopic (exact) mass is 399 g/mol. The molecule has 2 heterocycles. The Labute approximate surface area is 179 Å². The van der Waals surface area contributed by atoms with E-state index in [2.05, 4.69) is 51.2 Å². The van der Waals surface area contributed by atoms with E-state index in [1.54, 1.807) is 0 Å². The molecule has 2 aliphatic heterocycles. The van der Waals surface area contributed by atoms with Gasteiger partial charge in [-0.2, -0.15) is 0 Å². The lowest BCUT2D eigenvalue weighted by molar-refractivity contribution is 0.185. The predicted molar refractivity (Wildman–Crippen MR) is 119 cm³/mol. The van der Waals surface area contributed by atoms with E-state index in [0.29, 0.717) is 18.0 Å². The van der Waals surface area contributed by atoms with Gasteiger partial charge in [-0.05, 0) is 62.1 Å². The average Bonchev–Trinajstić information content (AvgIpc) is 3.55. The van der Waals surface area contributed by atoms with Gasteiger partial charge in [-0.15, -0.1) is 0 Å². The lowest BCUT2D eigenvalue weighted by atomic mass is 9.91. The molecule has 5 rings (SSSR count). The Hall–Kier alpha value is -2.77. The Bertz CT molecular complexity index is 940. The molecule has 1 N–H and O–H groups in total. The number of rotatable bonds is 2. The minimum Gasteiger partial charge on any atom is -0.335 e. The van der Waals surface area contributed by atoms with Crippen LogP contribution in [0.15, 0.2) is 54.6 Å².